The number of furan rings is 1. The Hall–Kier alpha value is -2.93. The lowest BCUT2D eigenvalue weighted by Crippen LogP contribution is -2.25. The third kappa shape index (κ3) is 5.05. The number of rotatable bonds is 6. The predicted molar refractivity (Wildman–Crippen MR) is 121 cm³/mol. The minimum atomic E-state index is -0.443. The number of hydrazone groups is 1. The van der Waals surface area contributed by atoms with Gasteiger partial charge in [-0.1, -0.05) is 34.8 Å². The second-order valence-electron chi connectivity index (χ2n) is 6.50. The average molecular weight is 478 g/mol. The molecule has 0 bridgehead atoms. The van der Waals surface area contributed by atoms with Crippen LogP contribution in [0.15, 0.2) is 70.1 Å². The van der Waals surface area contributed by atoms with Crippen molar-refractivity contribution < 1.29 is 18.7 Å². The molecule has 0 unspecified atom stereocenters. The predicted octanol–water partition coefficient (Wildman–Crippen LogP) is 5.78. The van der Waals surface area contributed by atoms with E-state index in [0.29, 0.717) is 43.3 Å². The number of amides is 1. The van der Waals surface area contributed by atoms with Gasteiger partial charge in [0.15, 0.2) is 6.61 Å². The first-order chi connectivity index (χ1) is 15.0. The van der Waals surface area contributed by atoms with E-state index < -0.39 is 5.91 Å². The highest BCUT2D eigenvalue weighted by molar-refractivity contribution is 6.51. The van der Waals surface area contributed by atoms with Crippen LogP contribution in [0.5, 0.6) is 11.5 Å². The first kappa shape index (κ1) is 21.3. The van der Waals surface area contributed by atoms with Crippen LogP contribution in [0.4, 0.5) is 0 Å². The third-order valence-electron chi connectivity index (χ3n) is 4.39. The Morgan fingerprint density at radius 3 is 2.65 bits per heavy atom. The standard InChI is InChI=1S/C22H15Cl3N2O4/c23-15-1-3-19(17(7-15)13-5-6-29-10-13)31-12-21(28)27-26-9-14-11-30-20-4-2-16(24)8-18(20)22(14)25/h1-10H,11-12H2,(H,27,28)/b26-9-. The molecular formula is C22H15Cl3N2O4. The van der Waals surface area contributed by atoms with Crippen LogP contribution >= 0.6 is 34.8 Å². The quantitative estimate of drug-likeness (QED) is 0.361. The number of nitrogens with zero attached hydrogens (tertiary/aromatic N) is 1. The van der Waals surface area contributed by atoms with Gasteiger partial charge in [0, 0.05) is 32.3 Å². The summed E-state index contributed by atoms with van der Waals surface area (Å²) >= 11 is 18.5. The molecule has 3 aromatic rings. The fourth-order valence-electron chi connectivity index (χ4n) is 2.91. The van der Waals surface area contributed by atoms with E-state index in [4.69, 9.17) is 48.7 Å². The molecule has 0 atom stereocenters. The van der Waals surface area contributed by atoms with Gasteiger partial charge in [-0.25, -0.2) is 5.43 Å². The van der Waals surface area contributed by atoms with E-state index in [1.807, 2.05) is 0 Å². The van der Waals surface area contributed by atoms with Gasteiger partial charge in [-0.05, 0) is 42.5 Å². The van der Waals surface area contributed by atoms with Crippen LogP contribution in [-0.2, 0) is 4.79 Å². The van der Waals surface area contributed by atoms with Gasteiger partial charge in [0.05, 0.1) is 23.8 Å². The number of fused-ring (bicyclic) bond motifs is 1. The normalized spacial score (nSPS) is 13.1. The lowest BCUT2D eigenvalue weighted by molar-refractivity contribution is -0.123. The molecule has 2 heterocycles. The summed E-state index contributed by atoms with van der Waals surface area (Å²) in [5.74, 6) is 0.687. The van der Waals surface area contributed by atoms with Crippen LogP contribution in [0.1, 0.15) is 5.56 Å². The van der Waals surface area contributed by atoms with E-state index in [1.165, 1.54) is 6.21 Å². The molecule has 0 aliphatic carbocycles. The van der Waals surface area contributed by atoms with Crippen LogP contribution < -0.4 is 14.9 Å². The molecule has 4 rings (SSSR count). The number of ether oxygens (including phenoxy) is 2. The Morgan fingerprint density at radius 2 is 1.87 bits per heavy atom. The van der Waals surface area contributed by atoms with Crippen molar-refractivity contribution in [1.82, 2.24) is 5.43 Å². The number of hydrogen-bond donors (Lipinski definition) is 1. The summed E-state index contributed by atoms with van der Waals surface area (Å²) in [5.41, 5.74) is 5.19. The first-order valence-corrected chi connectivity index (χ1v) is 10.2. The van der Waals surface area contributed by atoms with E-state index in [0.717, 1.165) is 5.56 Å². The summed E-state index contributed by atoms with van der Waals surface area (Å²) in [5, 5.41) is 5.49. The molecule has 0 spiro atoms. The molecule has 1 aliphatic heterocycles. The van der Waals surface area contributed by atoms with Crippen molar-refractivity contribution in [3.63, 3.8) is 0 Å². The van der Waals surface area contributed by atoms with Crippen molar-refractivity contribution in [2.45, 2.75) is 0 Å². The molecule has 158 valence electrons. The summed E-state index contributed by atoms with van der Waals surface area (Å²) in [6.45, 7) is -0.0201. The van der Waals surface area contributed by atoms with Gasteiger partial charge >= 0.3 is 0 Å². The highest BCUT2D eigenvalue weighted by atomic mass is 35.5. The first-order valence-electron chi connectivity index (χ1n) is 9.09. The zero-order valence-corrected chi connectivity index (χ0v) is 18.2. The highest BCUT2D eigenvalue weighted by Gasteiger charge is 2.18. The molecular weight excluding hydrogens is 463 g/mol. The fraction of sp³-hybridized carbons (Fsp3) is 0.0909. The number of benzene rings is 2. The number of carbonyl (C=O) groups is 1. The van der Waals surface area contributed by atoms with Crippen LogP contribution in [0, 0.1) is 0 Å². The molecule has 0 radical (unpaired) electrons. The van der Waals surface area contributed by atoms with Gasteiger partial charge < -0.3 is 13.9 Å². The zero-order valence-electron chi connectivity index (χ0n) is 15.9. The maximum absolute atomic E-state index is 12.2. The number of nitrogens with one attached hydrogen (secondary N) is 1. The fourth-order valence-corrected chi connectivity index (χ4v) is 3.51. The van der Waals surface area contributed by atoms with E-state index in [9.17, 15) is 4.79 Å². The number of halogens is 3. The largest absolute Gasteiger partial charge is 0.488 e. The van der Waals surface area contributed by atoms with Crippen molar-refractivity contribution in [1.29, 1.82) is 0 Å². The van der Waals surface area contributed by atoms with E-state index in [2.05, 4.69) is 10.5 Å². The molecule has 0 saturated carbocycles. The maximum atomic E-state index is 12.2. The van der Waals surface area contributed by atoms with E-state index >= 15 is 0 Å². The van der Waals surface area contributed by atoms with Crippen molar-refractivity contribution in [2.75, 3.05) is 13.2 Å². The second kappa shape index (κ2) is 9.47. The summed E-state index contributed by atoms with van der Waals surface area (Å²) in [4.78, 5) is 12.2. The minimum absolute atomic E-state index is 0.224. The van der Waals surface area contributed by atoms with Crippen LogP contribution in [0.3, 0.4) is 0 Å². The van der Waals surface area contributed by atoms with Crippen molar-refractivity contribution in [2.24, 2.45) is 5.10 Å². The molecule has 31 heavy (non-hydrogen) atoms. The van der Waals surface area contributed by atoms with E-state index in [1.54, 1.807) is 55.0 Å². The van der Waals surface area contributed by atoms with Gasteiger partial charge in [-0.3, -0.25) is 4.79 Å². The Bertz CT molecular complexity index is 1170. The van der Waals surface area contributed by atoms with Crippen LogP contribution in [0.2, 0.25) is 10.0 Å². The highest BCUT2D eigenvalue weighted by Crippen LogP contribution is 2.36. The Kier molecular flexibility index (Phi) is 6.51. The van der Waals surface area contributed by atoms with Gasteiger partial charge in [0.2, 0.25) is 0 Å². The molecule has 1 amide bonds. The van der Waals surface area contributed by atoms with Crippen molar-refractivity contribution >= 4 is 52.0 Å². The topological polar surface area (TPSA) is 73.1 Å². The Balaban J connectivity index is 1.39. The summed E-state index contributed by atoms with van der Waals surface area (Å²) in [7, 11) is 0. The lowest BCUT2D eigenvalue weighted by atomic mass is 10.1. The molecule has 9 heteroatoms. The van der Waals surface area contributed by atoms with Gasteiger partial charge in [-0.15, -0.1) is 0 Å². The monoisotopic (exact) mass is 476 g/mol. The molecule has 1 aliphatic rings. The smallest absolute Gasteiger partial charge is 0.277 e. The van der Waals surface area contributed by atoms with Gasteiger partial charge in [0.25, 0.3) is 5.91 Å². The molecule has 1 N–H and O–H groups in total. The van der Waals surface area contributed by atoms with Crippen LogP contribution in [0.25, 0.3) is 16.2 Å². The Morgan fingerprint density at radius 1 is 1.10 bits per heavy atom. The van der Waals surface area contributed by atoms with Crippen molar-refractivity contribution in [3.8, 4) is 22.6 Å². The third-order valence-corrected chi connectivity index (χ3v) is 5.30. The summed E-state index contributed by atoms with van der Waals surface area (Å²) in [6.07, 6.45) is 4.55. The molecule has 0 fully saturated rings. The van der Waals surface area contributed by atoms with Gasteiger partial charge in [-0.2, -0.15) is 5.10 Å². The van der Waals surface area contributed by atoms with E-state index in [-0.39, 0.29) is 13.2 Å². The van der Waals surface area contributed by atoms with Gasteiger partial charge in [0.1, 0.15) is 18.1 Å². The molecule has 0 saturated heterocycles. The average Bonchev–Trinajstić information content (AvgIpc) is 3.29. The van der Waals surface area contributed by atoms with Crippen LogP contribution in [-0.4, -0.2) is 25.3 Å². The molecule has 1 aromatic heterocycles. The molecule has 2 aromatic carbocycles. The Labute approximate surface area is 193 Å². The number of carbonyl (C=O) groups excluding carboxylic acids is 1. The van der Waals surface area contributed by atoms with Crippen molar-refractivity contribution in [3.05, 3.63) is 76.2 Å². The summed E-state index contributed by atoms with van der Waals surface area (Å²) in [6, 6.07) is 12.1. The molecule has 6 nitrogen and oxygen atoms in total. The maximum Gasteiger partial charge on any atom is 0.277 e. The summed E-state index contributed by atoms with van der Waals surface area (Å²) < 4.78 is 16.4. The lowest BCUT2D eigenvalue weighted by Gasteiger charge is -2.18. The number of hydrogen-bond acceptors (Lipinski definition) is 5. The zero-order chi connectivity index (χ0) is 21.8. The minimum Gasteiger partial charge on any atom is -0.488 e. The SMILES string of the molecule is O=C(COc1ccc(Cl)cc1-c1ccoc1)N/N=C\C1=C(Cl)c2cc(Cl)ccc2OC1. The second-order valence-corrected chi connectivity index (χ2v) is 7.75.